The van der Waals surface area contributed by atoms with E-state index in [0.717, 1.165) is 30.8 Å². The number of rotatable bonds is 6. The number of urea groups is 1. The molecule has 24 heavy (non-hydrogen) atoms. The highest BCUT2D eigenvalue weighted by atomic mass is 16.2. The largest absolute Gasteiger partial charge is 0.334 e. The van der Waals surface area contributed by atoms with Crippen LogP contribution < -0.4 is 10.6 Å². The van der Waals surface area contributed by atoms with Crippen LogP contribution >= 0.6 is 0 Å². The molecule has 1 atom stereocenters. The lowest BCUT2D eigenvalue weighted by Crippen LogP contribution is -2.42. The van der Waals surface area contributed by atoms with Crippen LogP contribution in [0.5, 0.6) is 0 Å². The van der Waals surface area contributed by atoms with E-state index in [1.165, 1.54) is 12.8 Å². The average molecular weight is 323 g/mol. The van der Waals surface area contributed by atoms with E-state index in [9.17, 15) is 4.79 Å². The predicted octanol–water partition coefficient (Wildman–Crippen LogP) is 3.32. The maximum Gasteiger partial charge on any atom is 0.315 e. The lowest BCUT2D eigenvalue weighted by atomic mass is 10.1. The molecule has 126 valence electrons. The Labute approximate surface area is 143 Å². The van der Waals surface area contributed by atoms with Crippen molar-refractivity contribution in [2.45, 2.75) is 25.4 Å². The molecule has 0 aromatic heterocycles. The van der Waals surface area contributed by atoms with Gasteiger partial charge in [-0.25, -0.2) is 4.79 Å². The third-order valence-corrected chi connectivity index (χ3v) is 4.44. The maximum atomic E-state index is 12.3. The van der Waals surface area contributed by atoms with Gasteiger partial charge in [-0.1, -0.05) is 60.7 Å². The van der Waals surface area contributed by atoms with Crippen molar-refractivity contribution >= 4 is 6.03 Å². The normalized spacial score (nSPS) is 15.8. The van der Waals surface area contributed by atoms with E-state index >= 15 is 0 Å². The molecule has 2 aromatic rings. The molecule has 2 N–H and O–H groups in total. The van der Waals surface area contributed by atoms with Crippen molar-refractivity contribution in [2.24, 2.45) is 0 Å². The summed E-state index contributed by atoms with van der Waals surface area (Å²) in [6, 6.07) is 20.1. The van der Waals surface area contributed by atoms with Gasteiger partial charge in [0.15, 0.2) is 0 Å². The molecule has 4 nitrogen and oxygen atoms in total. The quantitative estimate of drug-likeness (QED) is 0.856. The van der Waals surface area contributed by atoms with Crippen molar-refractivity contribution in [3.63, 3.8) is 0 Å². The van der Waals surface area contributed by atoms with E-state index in [4.69, 9.17) is 0 Å². The number of likely N-dealkylation sites (tertiary alicyclic amines) is 1. The lowest BCUT2D eigenvalue weighted by molar-refractivity contribution is 0.229. The van der Waals surface area contributed by atoms with E-state index < -0.39 is 0 Å². The second kappa shape index (κ2) is 8.50. The average Bonchev–Trinajstić information content (AvgIpc) is 3.14. The SMILES string of the molecule is O=C(NCc1ccccc1)NC(CN1CCCC1)c1ccccc1. The molecule has 1 unspecified atom stereocenters. The van der Waals surface area contributed by atoms with Gasteiger partial charge in [-0.05, 0) is 37.1 Å². The summed E-state index contributed by atoms with van der Waals surface area (Å²) in [6.07, 6.45) is 2.50. The number of nitrogens with one attached hydrogen (secondary N) is 2. The minimum absolute atomic E-state index is 0.0140. The number of carbonyl (C=O) groups is 1. The highest BCUT2D eigenvalue weighted by Gasteiger charge is 2.20. The number of hydrogen-bond donors (Lipinski definition) is 2. The van der Waals surface area contributed by atoms with Crippen LogP contribution in [0.4, 0.5) is 4.79 Å². The van der Waals surface area contributed by atoms with E-state index in [0.29, 0.717) is 6.54 Å². The molecule has 2 amide bonds. The summed E-state index contributed by atoms with van der Waals surface area (Å²) >= 11 is 0. The summed E-state index contributed by atoms with van der Waals surface area (Å²) < 4.78 is 0. The van der Waals surface area contributed by atoms with Crippen molar-refractivity contribution in [2.75, 3.05) is 19.6 Å². The van der Waals surface area contributed by atoms with Crippen LogP contribution in [0, 0.1) is 0 Å². The van der Waals surface area contributed by atoms with Gasteiger partial charge in [0.1, 0.15) is 0 Å². The zero-order valence-corrected chi connectivity index (χ0v) is 13.9. The van der Waals surface area contributed by atoms with Gasteiger partial charge in [0.2, 0.25) is 0 Å². The molecule has 0 aliphatic carbocycles. The van der Waals surface area contributed by atoms with Gasteiger partial charge in [-0.3, -0.25) is 0 Å². The maximum absolute atomic E-state index is 12.3. The van der Waals surface area contributed by atoms with Gasteiger partial charge >= 0.3 is 6.03 Å². The topological polar surface area (TPSA) is 44.4 Å². The number of amides is 2. The first kappa shape index (κ1) is 16.5. The fraction of sp³-hybridized carbons (Fsp3) is 0.350. The number of benzene rings is 2. The molecule has 1 heterocycles. The highest BCUT2D eigenvalue weighted by molar-refractivity contribution is 5.74. The molecule has 2 aromatic carbocycles. The van der Waals surface area contributed by atoms with Crippen molar-refractivity contribution in [3.05, 3.63) is 71.8 Å². The Morgan fingerprint density at radius 3 is 2.25 bits per heavy atom. The first-order valence-electron chi connectivity index (χ1n) is 8.67. The molecular weight excluding hydrogens is 298 g/mol. The van der Waals surface area contributed by atoms with E-state index in [-0.39, 0.29) is 12.1 Å². The third kappa shape index (κ3) is 4.83. The highest BCUT2D eigenvalue weighted by Crippen LogP contribution is 2.17. The van der Waals surface area contributed by atoms with Crippen molar-refractivity contribution in [1.29, 1.82) is 0 Å². The fourth-order valence-corrected chi connectivity index (χ4v) is 3.13. The van der Waals surface area contributed by atoms with Crippen molar-refractivity contribution in [1.82, 2.24) is 15.5 Å². The first-order valence-corrected chi connectivity index (χ1v) is 8.67. The Hall–Kier alpha value is -2.33. The molecule has 0 spiro atoms. The lowest BCUT2D eigenvalue weighted by Gasteiger charge is -2.25. The van der Waals surface area contributed by atoms with Gasteiger partial charge in [0, 0.05) is 13.1 Å². The van der Waals surface area contributed by atoms with Gasteiger partial charge in [-0.2, -0.15) is 0 Å². The summed E-state index contributed by atoms with van der Waals surface area (Å²) in [5.74, 6) is 0. The second-order valence-corrected chi connectivity index (χ2v) is 6.28. The molecule has 1 saturated heterocycles. The zero-order valence-electron chi connectivity index (χ0n) is 13.9. The number of hydrogen-bond acceptors (Lipinski definition) is 2. The van der Waals surface area contributed by atoms with Crippen molar-refractivity contribution in [3.8, 4) is 0 Å². The van der Waals surface area contributed by atoms with Gasteiger partial charge in [0.25, 0.3) is 0 Å². The summed E-state index contributed by atoms with van der Waals surface area (Å²) in [5, 5.41) is 6.09. The van der Waals surface area contributed by atoms with Crippen LogP contribution in [-0.4, -0.2) is 30.6 Å². The Morgan fingerprint density at radius 2 is 1.58 bits per heavy atom. The Kier molecular flexibility index (Phi) is 5.85. The molecule has 1 aliphatic rings. The van der Waals surface area contributed by atoms with Gasteiger partial charge < -0.3 is 15.5 Å². The molecule has 4 heteroatoms. The van der Waals surface area contributed by atoms with E-state index in [2.05, 4.69) is 27.7 Å². The van der Waals surface area contributed by atoms with Crippen LogP contribution in [0.3, 0.4) is 0 Å². The van der Waals surface area contributed by atoms with Gasteiger partial charge in [0.05, 0.1) is 6.04 Å². The summed E-state index contributed by atoms with van der Waals surface area (Å²) in [6.45, 7) is 3.65. The minimum atomic E-state index is -0.119. The van der Waals surface area contributed by atoms with Crippen LogP contribution in [0.15, 0.2) is 60.7 Å². The molecule has 0 radical (unpaired) electrons. The standard InChI is InChI=1S/C20H25N3O/c24-20(21-15-17-9-3-1-4-10-17)22-19(16-23-13-7-8-14-23)18-11-5-2-6-12-18/h1-6,9-12,19H,7-8,13-16H2,(H2,21,22,24). The molecule has 0 bridgehead atoms. The summed E-state index contributed by atoms with van der Waals surface area (Å²) in [5.41, 5.74) is 2.25. The molecular formula is C20H25N3O. The molecule has 1 aliphatic heterocycles. The van der Waals surface area contributed by atoms with Gasteiger partial charge in [-0.15, -0.1) is 0 Å². The minimum Gasteiger partial charge on any atom is -0.334 e. The predicted molar refractivity (Wildman–Crippen MR) is 96.7 cm³/mol. The summed E-state index contributed by atoms with van der Waals surface area (Å²) in [7, 11) is 0. The smallest absolute Gasteiger partial charge is 0.315 e. The Morgan fingerprint density at radius 1 is 0.958 bits per heavy atom. The monoisotopic (exact) mass is 323 g/mol. The van der Waals surface area contributed by atoms with Crippen LogP contribution in [0.2, 0.25) is 0 Å². The molecule has 1 fully saturated rings. The molecule has 0 saturated carbocycles. The second-order valence-electron chi connectivity index (χ2n) is 6.28. The zero-order chi connectivity index (χ0) is 16.6. The number of nitrogens with zero attached hydrogens (tertiary/aromatic N) is 1. The Bertz CT molecular complexity index is 624. The van der Waals surface area contributed by atoms with Crippen molar-refractivity contribution < 1.29 is 4.79 Å². The summed E-state index contributed by atoms with van der Waals surface area (Å²) in [4.78, 5) is 14.8. The first-order chi connectivity index (χ1) is 11.8. The number of carbonyl (C=O) groups excluding carboxylic acids is 1. The van der Waals surface area contributed by atoms with Crippen LogP contribution in [-0.2, 0) is 6.54 Å². The third-order valence-electron chi connectivity index (χ3n) is 4.44. The Balaban J connectivity index is 1.59. The van der Waals surface area contributed by atoms with E-state index in [1.54, 1.807) is 0 Å². The van der Waals surface area contributed by atoms with Crippen LogP contribution in [0.1, 0.15) is 30.0 Å². The fourth-order valence-electron chi connectivity index (χ4n) is 3.13. The molecule has 3 rings (SSSR count). The van der Waals surface area contributed by atoms with E-state index in [1.807, 2.05) is 48.5 Å². The van der Waals surface area contributed by atoms with Crippen LogP contribution in [0.25, 0.3) is 0 Å².